The molecule has 2 fully saturated rings. The van der Waals surface area contributed by atoms with Crippen molar-refractivity contribution in [3.8, 4) is 0 Å². The number of ether oxygens (including phenoxy) is 4. The maximum absolute atomic E-state index is 12.4. The fraction of sp³-hybridized carbons (Fsp3) is 0.786. The number of carbonyl (C=O) groups is 4. The van der Waals surface area contributed by atoms with Gasteiger partial charge in [-0.1, -0.05) is 20.8 Å². The van der Waals surface area contributed by atoms with Crippen LogP contribution in [0.25, 0.3) is 0 Å². The van der Waals surface area contributed by atoms with Crippen molar-refractivity contribution in [2.75, 3.05) is 6.61 Å². The number of carbonyl (C=O) groups excluding carboxylic acids is 4. The quantitative estimate of drug-likeness (QED) is 0.256. The molecule has 0 heterocycles. The maximum Gasteiger partial charge on any atom is 0.303 e. The molecule has 2 bridgehead atoms. The SMILES string of the molecule is CC(=O)OC[C@H]1[C@H]2[C@H](O)[C@@H]3C[C@H](OC(C)=O)C(C)=C([C@@H](OC(C)=O)[C@H](O)[C@]2(C)[C@@H](O)C[C@@H]1OC(C)=O)C3(C)C. The minimum Gasteiger partial charge on any atom is -0.465 e. The van der Waals surface area contributed by atoms with Crippen LogP contribution in [0.5, 0.6) is 0 Å². The number of fused-ring (bicyclic) bond motifs is 3. The summed E-state index contributed by atoms with van der Waals surface area (Å²) >= 11 is 0. The van der Waals surface area contributed by atoms with E-state index in [1.54, 1.807) is 13.8 Å². The summed E-state index contributed by atoms with van der Waals surface area (Å²) in [6.45, 7) is 11.8. The highest BCUT2D eigenvalue weighted by molar-refractivity contribution is 5.68. The molecule has 0 spiro atoms. The van der Waals surface area contributed by atoms with Gasteiger partial charge < -0.3 is 34.3 Å². The van der Waals surface area contributed by atoms with Crippen LogP contribution in [0, 0.1) is 28.6 Å². The molecule has 220 valence electrons. The van der Waals surface area contributed by atoms with Crippen LogP contribution in [0.1, 0.15) is 68.2 Å². The van der Waals surface area contributed by atoms with E-state index in [4.69, 9.17) is 18.9 Å². The first-order valence-electron chi connectivity index (χ1n) is 13.3. The average Bonchev–Trinajstić information content (AvgIpc) is 2.78. The molecule has 0 unspecified atom stereocenters. The molecule has 11 heteroatoms. The first-order chi connectivity index (χ1) is 17.9. The summed E-state index contributed by atoms with van der Waals surface area (Å²) in [5.41, 5.74) is -1.24. The minimum absolute atomic E-state index is 0.1000. The van der Waals surface area contributed by atoms with Gasteiger partial charge in [-0.05, 0) is 35.8 Å². The van der Waals surface area contributed by atoms with Crippen LogP contribution in [-0.4, -0.2) is 82.4 Å². The highest BCUT2D eigenvalue weighted by Crippen LogP contribution is 2.60. The van der Waals surface area contributed by atoms with E-state index in [-0.39, 0.29) is 19.4 Å². The third-order valence-corrected chi connectivity index (χ3v) is 9.21. The lowest BCUT2D eigenvalue weighted by Crippen LogP contribution is -2.69. The second-order valence-electron chi connectivity index (χ2n) is 12.0. The molecule has 0 amide bonds. The van der Waals surface area contributed by atoms with E-state index in [9.17, 15) is 34.5 Å². The van der Waals surface area contributed by atoms with E-state index >= 15 is 0 Å². The Morgan fingerprint density at radius 3 is 1.92 bits per heavy atom. The summed E-state index contributed by atoms with van der Waals surface area (Å²) in [4.78, 5) is 48.2. The van der Waals surface area contributed by atoms with E-state index in [0.717, 1.165) is 0 Å². The van der Waals surface area contributed by atoms with E-state index in [1.807, 2.05) is 13.8 Å². The molecule has 0 aromatic rings. The molecule has 10 atom stereocenters. The fourth-order valence-electron chi connectivity index (χ4n) is 7.47. The first-order valence-corrected chi connectivity index (χ1v) is 13.3. The van der Waals surface area contributed by atoms with Gasteiger partial charge >= 0.3 is 23.9 Å². The van der Waals surface area contributed by atoms with Gasteiger partial charge in [0.15, 0.2) is 6.10 Å². The normalized spacial score (nSPS) is 39.4. The Labute approximate surface area is 228 Å². The average molecular weight is 555 g/mol. The predicted octanol–water partition coefficient (Wildman–Crippen LogP) is 1.45. The zero-order valence-corrected chi connectivity index (χ0v) is 23.9. The maximum atomic E-state index is 12.4. The second-order valence-corrected chi connectivity index (χ2v) is 12.0. The van der Waals surface area contributed by atoms with Gasteiger partial charge in [0.2, 0.25) is 0 Å². The van der Waals surface area contributed by atoms with Gasteiger partial charge in [0.05, 0.1) is 18.8 Å². The van der Waals surface area contributed by atoms with Crippen molar-refractivity contribution in [1.29, 1.82) is 0 Å². The Bertz CT molecular complexity index is 1030. The molecular weight excluding hydrogens is 512 g/mol. The van der Waals surface area contributed by atoms with Crippen molar-refractivity contribution in [2.45, 2.75) is 105 Å². The molecule has 3 aliphatic carbocycles. The molecule has 0 aromatic carbocycles. The lowest BCUT2D eigenvalue weighted by molar-refractivity contribution is -0.246. The van der Waals surface area contributed by atoms with Crippen LogP contribution in [0.4, 0.5) is 0 Å². The van der Waals surface area contributed by atoms with Crippen molar-refractivity contribution in [1.82, 2.24) is 0 Å². The zero-order valence-electron chi connectivity index (χ0n) is 23.9. The zero-order chi connectivity index (χ0) is 29.6. The molecule has 3 N–H and O–H groups in total. The van der Waals surface area contributed by atoms with Gasteiger partial charge in [0, 0.05) is 51.4 Å². The molecule has 39 heavy (non-hydrogen) atoms. The van der Waals surface area contributed by atoms with E-state index < -0.39 is 89.1 Å². The highest BCUT2D eigenvalue weighted by atomic mass is 16.6. The number of esters is 4. The van der Waals surface area contributed by atoms with Crippen LogP contribution in [-0.2, 0) is 38.1 Å². The summed E-state index contributed by atoms with van der Waals surface area (Å²) < 4.78 is 22.3. The number of hydrogen-bond donors (Lipinski definition) is 3. The smallest absolute Gasteiger partial charge is 0.303 e. The molecule has 0 radical (unpaired) electrons. The van der Waals surface area contributed by atoms with Crippen LogP contribution < -0.4 is 0 Å². The Kier molecular flexibility index (Phi) is 8.89. The fourth-order valence-corrected chi connectivity index (χ4v) is 7.47. The van der Waals surface area contributed by atoms with Gasteiger partial charge in [0.25, 0.3) is 0 Å². The third-order valence-electron chi connectivity index (χ3n) is 9.21. The van der Waals surface area contributed by atoms with Crippen molar-refractivity contribution in [3.05, 3.63) is 11.1 Å². The molecule has 3 rings (SSSR count). The van der Waals surface area contributed by atoms with Crippen molar-refractivity contribution in [2.24, 2.45) is 28.6 Å². The third kappa shape index (κ3) is 5.58. The molecule has 0 aromatic heterocycles. The number of rotatable bonds is 5. The Hall–Kier alpha value is -2.50. The topological polar surface area (TPSA) is 166 Å². The monoisotopic (exact) mass is 554 g/mol. The van der Waals surface area contributed by atoms with Crippen LogP contribution in [0.2, 0.25) is 0 Å². The Morgan fingerprint density at radius 2 is 1.41 bits per heavy atom. The standard InChI is InChI=1S/C28H42O11/c1-12-19(37-14(3)30)9-18-24(34)23-17(11-36-13(2)29)20(38-15(4)31)10-21(33)28(23,8)26(35)25(39-16(5)32)22(12)27(18,6)7/h17-21,23-26,33-35H,9-11H2,1-8H3/t17-,18+,19+,20+,21+,23+,24-,25-,26+,28-/m1/s1. The summed E-state index contributed by atoms with van der Waals surface area (Å²) in [7, 11) is 0. The minimum atomic E-state index is -1.53. The van der Waals surface area contributed by atoms with Crippen LogP contribution >= 0.6 is 0 Å². The van der Waals surface area contributed by atoms with Crippen molar-refractivity contribution < 1.29 is 53.4 Å². The molecule has 0 saturated heterocycles. The molecular formula is C28H42O11. The summed E-state index contributed by atoms with van der Waals surface area (Å²) in [5.74, 6) is -4.81. The van der Waals surface area contributed by atoms with Gasteiger partial charge in [-0.25, -0.2) is 0 Å². The lowest BCUT2D eigenvalue weighted by Gasteiger charge is -2.61. The van der Waals surface area contributed by atoms with Crippen LogP contribution in [0.3, 0.4) is 0 Å². The second kappa shape index (κ2) is 11.2. The summed E-state index contributed by atoms with van der Waals surface area (Å²) in [6, 6.07) is 0. The Balaban J connectivity index is 2.31. The number of aliphatic hydroxyl groups excluding tert-OH is 3. The van der Waals surface area contributed by atoms with E-state index in [1.165, 1.54) is 27.7 Å². The van der Waals surface area contributed by atoms with E-state index in [2.05, 4.69) is 0 Å². The molecule has 2 saturated carbocycles. The predicted molar refractivity (Wildman–Crippen MR) is 136 cm³/mol. The van der Waals surface area contributed by atoms with Gasteiger partial charge in [-0.2, -0.15) is 0 Å². The molecule has 3 aliphatic rings. The molecule has 0 aliphatic heterocycles. The van der Waals surface area contributed by atoms with Crippen molar-refractivity contribution in [3.63, 3.8) is 0 Å². The summed E-state index contributed by atoms with van der Waals surface area (Å²) in [5, 5.41) is 35.8. The first kappa shape index (κ1) is 31.0. The lowest BCUT2D eigenvalue weighted by atomic mass is 9.47. The number of hydrogen-bond acceptors (Lipinski definition) is 11. The van der Waals surface area contributed by atoms with Gasteiger partial charge in [0.1, 0.15) is 18.3 Å². The summed E-state index contributed by atoms with van der Waals surface area (Å²) in [6.07, 6.45) is -6.89. The highest BCUT2D eigenvalue weighted by Gasteiger charge is 2.66. The Morgan fingerprint density at radius 1 is 0.846 bits per heavy atom. The van der Waals surface area contributed by atoms with Crippen LogP contribution in [0.15, 0.2) is 11.1 Å². The largest absolute Gasteiger partial charge is 0.465 e. The van der Waals surface area contributed by atoms with Gasteiger partial charge in [-0.3, -0.25) is 19.2 Å². The van der Waals surface area contributed by atoms with Crippen molar-refractivity contribution >= 4 is 23.9 Å². The van der Waals surface area contributed by atoms with Gasteiger partial charge in [-0.15, -0.1) is 0 Å². The molecule has 11 nitrogen and oxygen atoms in total. The van der Waals surface area contributed by atoms with E-state index in [0.29, 0.717) is 11.1 Å². The number of aliphatic hydroxyl groups is 3.